The molecule has 0 aliphatic heterocycles. The number of alkyl halides is 3. The first-order valence-electron chi connectivity index (χ1n) is 2.95. The van der Waals surface area contributed by atoms with E-state index in [0.29, 0.717) is 0 Å². The maximum absolute atomic E-state index is 12.1. The standard InChI is InChI=1S/C5H3ClF3N3O/c6-1-2(5(7,8)9)11-4(13)12-3(1)10/h(H3,10,11,12,13). The molecule has 1 heterocycles. The van der Waals surface area contributed by atoms with E-state index in [2.05, 4.69) is 4.98 Å². The van der Waals surface area contributed by atoms with E-state index in [-0.39, 0.29) is 0 Å². The van der Waals surface area contributed by atoms with Crippen LogP contribution in [0.15, 0.2) is 4.79 Å². The second-order valence-electron chi connectivity index (χ2n) is 2.11. The fourth-order valence-corrected chi connectivity index (χ4v) is 0.868. The molecule has 0 aliphatic rings. The van der Waals surface area contributed by atoms with Crippen molar-refractivity contribution in [3.63, 3.8) is 0 Å². The van der Waals surface area contributed by atoms with Crippen LogP contribution < -0.4 is 11.4 Å². The van der Waals surface area contributed by atoms with Crippen molar-refractivity contribution in [3.05, 3.63) is 21.2 Å². The molecule has 72 valence electrons. The number of aromatic nitrogens is 2. The van der Waals surface area contributed by atoms with Crippen molar-refractivity contribution in [2.75, 3.05) is 5.73 Å². The smallest absolute Gasteiger partial charge is 0.382 e. The zero-order valence-electron chi connectivity index (χ0n) is 5.94. The predicted molar refractivity (Wildman–Crippen MR) is 39.3 cm³/mol. The Morgan fingerprint density at radius 2 is 2.00 bits per heavy atom. The summed E-state index contributed by atoms with van der Waals surface area (Å²) >= 11 is 5.17. The molecule has 1 rings (SSSR count). The van der Waals surface area contributed by atoms with E-state index in [4.69, 9.17) is 17.3 Å². The van der Waals surface area contributed by atoms with E-state index in [1.165, 1.54) is 4.98 Å². The third-order valence-electron chi connectivity index (χ3n) is 1.18. The summed E-state index contributed by atoms with van der Waals surface area (Å²) < 4.78 is 36.2. The van der Waals surface area contributed by atoms with Crippen LogP contribution in [0.1, 0.15) is 5.69 Å². The number of nitrogens with zero attached hydrogens (tertiary/aromatic N) is 1. The molecule has 0 saturated carbocycles. The van der Waals surface area contributed by atoms with Gasteiger partial charge in [0.2, 0.25) is 0 Å². The molecular formula is C5H3ClF3N3O. The van der Waals surface area contributed by atoms with Crippen LogP contribution in [0.3, 0.4) is 0 Å². The fraction of sp³-hybridized carbons (Fsp3) is 0.200. The number of aromatic amines is 1. The first-order chi connectivity index (χ1) is 5.82. The van der Waals surface area contributed by atoms with Gasteiger partial charge in [-0.25, -0.2) is 4.79 Å². The summed E-state index contributed by atoms with van der Waals surface area (Å²) in [7, 11) is 0. The van der Waals surface area contributed by atoms with Gasteiger partial charge in [-0.05, 0) is 0 Å². The maximum Gasteiger partial charge on any atom is 0.432 e. The van der Waals surface area contributed by atoms with Gasteiger partial charge in [0, 0.05) is 0 Å². The molecule has 0 spiro atoms. The van der Waals surface area contributed by atoms with Crippen LogP contribution in [0.5, 0.6) is 0 Å². The highest BCUT2D eigenvalue weighted by molar-refractivity contribution is 6.33. The molecule has 13 heavy (non-hydrogen) atoms. The van der Waals surface area contributed by atoms with Gasteiger partial charge in [-0.1, -0.05) is 11.6 Å². The highest BCUT2D eigenvalue weighted by atomic mass is 35.5. The normalized spacial score (nSPS) is 11.7. The number of rotatable bonds is 0. The minimum absolute atomic E-state index is 0.641. The molecule has 8 heteroatoms. The predicted octanol–water partition coefficient (Wildman–Crippen LogP) is 1.02. The van der Waals surface area contributed by atoms with Crippen molar-refractivity contribution >= 4 is 17.4 Å². The van der Waals surface area contributed by atoms with E-state index in [9.17, 15) is 18.0 Å². The molecule has 1 aromatic heterocycles. The summed E-state index contributed by atoms with van der Waals surface area (Å²) in [5.74, 6) is -0.641. The Morgan fingerprint density at radius 3 is 2.46 bits per heavy atom. The van der Waals surface area contributed by atoms with Gasteiger partial charge in [-0.2, -0.15) is 18.2 Å². The van der Waals surface area contributed by atoms with Crippen LogP contribution in [0.25, 0.3) is 0 Å². The minimum atomic E-state index is -4.74. The van der Waals surface area contributed by atoms with Gasteiger partial charge in [0.05, 0.1) is 0 Å². The van der Waals surface area contributed by atoms with Crippen molar-refractivity contribution in [2.24, 2.45) is 0 Å². The first kappa shape index (κ1) is 9.85. The lowest BCUT2D eigenvalue weighted by Crippen LogP contribution is -2.21. The summed E-state index contributed by atoms with van der Waals surface area (Å²) in [5.41, 5.74) is 2.39. The molecule has 1 aromatic rings. The Balaban J connectivity index is 3.46. The molecule has 4 nitrogen and oxygen atoms in total. The number of H-pyrrole nitrogens is 1. The van der Waals surface area contributed by atoms with Gasteiger partial charge < -0.3 is 10.7 Å². The average Bonchev–Trinajstić information content (AvgIpc) is 1.94. The summed E-state index contributed by atoms with van der Waals surface area (Å²) in [6.45, 7) is 0. The molecule has 3 N–H and O–H groups in total. The van der Waals surface area contributed by atoms with E-state index < -0.39 is 28.4 Å². The SMILES string of the molecule is Nc1nc(=O)[nH]c(C(F)(F)F)c1Cl. The van der Waals surface area contributed by atoms with Gasteiger partial charge in [0.1, 0.15) is 16.5 Å². The number of hydrogen-bond donors (Lipinski definition) is 2. The molecule has 0 amide bonds. The quantitative estimate of drug-likeness (QED) is 0.676. The Morgan fingerprint density at radius 1 is 1.46 bits per heavy atom. The van der Waals surface area contributed by atoms with Crippen molar-refractivity contribution < 1.29 is 13.2 Å². The molecule has 0 unspecified atom stereocenters. The zero-order valence-corrected chi connectivity index (χ0v) is 6.70. The van der Waals surface area contributed by atoms with Gasteiger partial charge in [0.25, 0.3) is 0 Å². The van der Waals surface area contributed by atoms with Crippen molar-refractivity contribution in [1.82, 2.24) is 9.97 Å². The van der Waals surface area contributed by atoms with Crippen LogP contribution in [0.2, 0.25) is 5.02 Å². The summed E-state index contributed by atoms with van der Waals surface area (Å²) in [4.78, 5) is 14.9. The molecular weight excluding hydrogens is 211 g/mol. The largest absolute Gasteiger partial charge is 0.432 e. The lowest BCUT2D eigenvalue weighted by Gasteiger charge is -2.08. The van der Waals surface area contributed by atoms with E-state index in [1.54, 1.807) is 0 Å². The molecule has 0 radical (unpaired) electrons. The Bertz CT molecular complexity index is 386. The van der Waals surface area contributed by atoms with Crippen LogP contribution in [0.4, 0.5) is 19.0 Å². The van der Waals surface area contributed by atoms with E-state index >= 15 is 0 Å². The number of hydrogen-bond acceptors (Lipinski definition) is 3. The fourth-order valence-electron chi connectivity index (χ4n) is 0.672. The van der Waals surface area contributed by atoms with Crippen LogP contribution in [-0.4, -0.2) is 9.97 Å². The first-order valence-corrected chi connectivity index (χ1v) is 3.32. The van der Waals surface area contributed by atoms with Crippen molar-refractivity contribution in [2.45, 2.75) is 6.18 Å². The van der Waals surface area contributed by atoms with Gasteiger partial charge >= 0.3 is 11.9 Å². The van der Waals surface area contributed by atoms with Crippen molar-refractivity contribution in [1.29, 1.82) is 0 Å². The number of halogens is 4. The number of nitrogens with one attached hydrogen (secondary N) is 1. The zero-order chi connectivity index (χ0) is 10.2. The lowest BCUT2D eigenvalue weighted by molar-refractivity contribution is -0.141. The van der Waals surface area contributed by atoms with Crippen LogP contribution >= 0.6 is 11.6 Å². The molecule has 0 bridgehead atoms. The third-order valence-corrected chi connectivity index (χ3v) is 1.56. The second-order valence-corrected chi connectivity index (χ2v) is 2.49. The summed E-state index contributed by atoms with van der Waals surface area (Å²) in [5, 5.41) is -0.799. The highest BCUT2D eigenvalue weighted by Gasteiger charge is 2.35. The summed E-state index contributed by atoms with van der Waals surface area (Å²) in [6.07, 6.45) is -4.74. The molecule has 0 aromatic carbocycles. The molecule has 0 fully saturated rings. The lowest BCUT2D eigenvalue weighted by atomic mass is 10.4. The van der Waals surface area contributed by atoms with Gasteiger partial charge in [-0.15, -0.1) is 0 Å². The second kappa shape index (κ2) is 2.91. The van der Waals surface area contributed by atoms with Crippen molar-refractivity contribution in [3.8, 4) is 0 Å². The number of anilines is 1. The number of nitrogens with two attached hydrogens (primary N) is 1. The van der Waals surface area contributed by atoms with Gasteiger partial charge in [-0.3, -0.25) is 0 Å². The average molecular weight is 214 g/mol. The highest BCUT2D eigenvalue weighted by Crippen LogP contribution is 2.33. The minimum Gasteiger partial charge on any atom is -0.382 e. The monoisotopic (exact) mass is 213 g/mol. The van der Waals surface area contributed by atoms with E-state index in [0.717, 1.165) is 0 Å². The van der Waals surface area contributed by atoms with Gasteiger partial charge in [0.15, 0.2) is 0 Å². The van der Waals surface area contributed by atoms with E-state index in [1.807, 2.05) is 0 Å². The topological polar surface area (TPSA) is 71.8 Å². The molecule has 0 aliphatic carbocycles. The molecule has 0 saturated heterocycles. The molecule has 0 atom stereocenters. The van der Waals surface area contributed by atoms with Crippen LogP contribution in [0, 0.1) is 0 Å². The van der Waals surface area contributed by atoms with Crippen LogP contribution in [-0.2, 0) is 6.18 Å². The third kappa shape index (κ3) is 1.92. The maximum atomic E-state index is 12.1. The summed E-state index contributed by atoms with van der Waals surface area (Å²) in [6, 6.07) is 0. The Kier molecular flexibility index (Phi) is 2.21. The Hall–Kier alpha value is -1.24. The Labute approximate surface area is 74.5 Å². The number of nitrogen functional groups attached to an aromatic ring is 1.